The minimum atomic E-state index is -1.87. The number of aliphatic hydroxyl groups is 10. The summed E-state index contributed by atoms with van der Waals surface area (Å²) in [7, 11) is 0. The Kier molecular flexibility index (Phi) is 11.3. The molecule has 20 nitrogen and oxygen atoms in total. The molecule has 2 aromatic carbocycles. The lowest BCUT2D eigenvalue weighted by Gasteiger charge is -2.44. The molecular weight excluding hydrogens is 704 g/mol. The molecule has 4 aliphatic rings. The summed E-state index contributed by atoms with van der Waals surface area (Å²) in [6.07, 6.45) is -22.9. The van der Waals surface area contributed by atoms with Crippen LogP contribution in [0.4, 0.5) is 0 Å². The highest BCUT2D eigenvalue weighted by Gasteiger charge is 2.51. The van der Waals surface area contributed by atoms with Crippen molar-refractivity contribution in [3.8, 4) is 28.7 Å². The van der Waals surface area contributed by atoms with Gasteiger partial charge in [-0.25, -0.2) is 0 Å². The van der Waals surface area contributed by atoms with E-state index in [2.05, 4.69) is 4.74 Å². The third-order valence-electron chi connectivity index (χ3n) is 9.22. The number of phenolic OH excluding ortho intramolecular Hbond substituents is 4. The van der Waals surface area contributed by atoms with Crippen LogP contribution in [0.1, 0.15) is 17.2 Å². The summed E-state index contributed by atoms with van der Waals surface area (Å²) < 4.78 is 38.6. The van der Waals surface area contributed by atoms with Gasteiger partial charge in [0.1, 0.15) is 84.2 Å². The maximum atomic E-state index is 11.3. The molecule has 0 saturated carbocycles. The fourth-order valence-electron chi connectivity index (χ4n) is 6.25. The lowest BCUT2D eigenvalue weighted by molar-refractivity contribution is -0.333. The Labute approximate surface area is 293 Å². The van der Waals surface area contributed by atoms with Gasteiger partial charge in [-0.2, -0.15) is 0 Å². The number of aliphatic hydroxyl groups excluding tert-OH is 9. The minimum Gasteiger partial charge on any atom is -0.571 e. The maximum Gasteiger partial charge on any atom is 0.270 e. The van der Waals surface area contributed by atoms with E-state index < -0.39 is 129 Å². The molecule has 0 amide bonds. The summed E-state index contributed by atoms with van der Waals surface area (Å²) in [4.78, 5) is 0. The summed E-state index contributed by atoms with van der Waals surface area (Å²) in [6.45, 7) is -1.98. The SMILES string of the molecule is OC[C@H]1O[C@@H](OC[C@H]2O[C@@H](OC3=Cc4c(O)cc(O)cc4[OH+]C3c3ccc(O)c(O)c3)[C@H](OCC3O[C@@H](O)[C@H](O)[C@H]3O)[C@@H](O)[C@H]2O)[C@H](O)[C@@H](O)[C@@H]1O. The normalized spacial score (nSPS) is 39.0. The average molecular weight is 746 g/mol. The first-order chi connectivity index (χ1) is 24.7. The van der Waals surface area contributed by atoms with Crippen LogP contribution in [0.2, 0.25) is 0 Å². The number of hydrogen-bond acceptors (Lipinski definition) is 19. The molecule has 4 aliphatic heterocycles. The van der Waals surface area contributed by atoms with Gasteiger partial charge in [0.2, 0.25) is 6.29 Å². The van der Waals surface area contributed by atoms with E-state index in [4.69, 9.17) is 28.4 Å². The van der Waals surface area contributed by atoms with Gasteiger partial charge in [0.15, 0.2) is 29.8 Å². The highest BCUT2D eigenvalue weighted by molar-refractivity contribution is 5.69. The van der Waals surface area contributed by atoms with Crippen LogP contribution < -0.4 is 0 Å². The summed E-state index contributed by atoms with van der Waals surface area (Å²) in [5.74, 6) is -1.70. The Hall–Kier alpha value is -3.58. The average Bonchev–Trinajstić information content (AvgIpc) is 3.35. The molecule has 15 atom stereocenters. The number of phenols is 4. The first-order valence-corrected chi connectivity index (χ1v) is 16.1. The Morgan fingerprint density at radius 3 is 1.94 bits per heavy atom. The predicted molar refractivity (Wildman–Crippen MR) is 166 cm³/mol. The standard InChI is InChI=1S/C32H40O20/c33-7-18-21(38)24(41)27(44)31(51-18)47-9-20-22(39)25(42)29(46-8-19-23(40)26(43)30(45)49-19)32(52-20)50-17-6-12-14(36)4-11(34)5-16(12)48-28(17)10-1-2-13(35)15(37)3-10/h1-6,18-45H,7-9H2/p+1/t18-,19?,20-,21-,22+,23+,24+,25+,26-,27-,28?,29-,30-,31-,32-/m1/s1. The topological polar surface area (TPSA) is 331 Å². The molecule has 3 fully saturated rings. The number of aromatic hydroxyl groups is 5. The highest BCUT2D eigenvalue weighted by Crippen LogP contribution is 2.46. The third kappa shape index (κ3) is 7.44. The van der Waals surface area contributed by atoms with Gasteiger partial charge >= 0.3 is 0 Å². The first-order valence-electron chi connectivity index (χ1n) is 16.1. The van der Waals surface area contributed by atoms with Gasteiger partial charge in [0.05, 0.1) is 31.5 Å². The van der Waals surface area contributed by atoms with Crippen LogP contribution in [0.3, 0.4) is 0 Å². The molecule has 0 aliphatic carbocycles. The Bertz CT molecular complexity index is 1590. The molecule has 6 rings (SSSR count). The molecule has 2 unspecified atom stereocenters. The van der Waals surface area contributed by atoms with Crippen molar-refractivity contribution in [2.45, 2.75) is 92.1 Å². The van der Waals surface area contributed by atoms with Crippen molar-refractivity contribution in [3.05, 3.63) is 47.2 Å². The van der Waals surface area contributed by atoms with Crippen molar-refractivity contribution in [2.24, 2.45) is 0 Å². The molecule has 0 bridgehead atoms. The summed E-state index contributed by atoms with van der Waals surface area (Å²) in [6, 6.07) is 6.05. The van der Waals surface area contributed by atoms with Crippen molar-refractivity contribution in [3.63, 3.8) is 0 Å². The highest BCUT2D eigenvalue weighted by atomic mass is 16.7. The molecule has 14 N–H and O–H groups in total. The molecule has 0 spiro atoms. The smallest absolute Gasteiger partial charge is 0.270 e. The van der Waals surface area contributed by atoms with Gasteiger partial charge in [0, 0.05) is 12.1 Å². The molecule has 0 radical (unpaired) electrons. The maximum absolute atomic E-state index is 11.3. The van der Waals surface area contributed by atoms with Gasteiger partial charge in [-0.05, 0) is 18.2 Å². The second-order valence-corrected chi connectivity index (χ2v) is 12.7. The van der Waals surface area contributed by atoms with Crippen molar-refractivity contribution in [1.82, 2.24) is 0 Å². The lowest BCUT2D eigenvalue weighted by atomic mass is 9.97. The van der Waals surface area contributed by atoms with Crippen LogP contribution in [0.15, 0.2) is 36.1 Å². The van der Waals surface area contributed by atoms with Gasteiger partial charge in [-0.1, -0.05) is 0 Å². The molecule has 4 heterocycles. The lowest BCUT2D eigenvalue weighted by Crippen LogP contribution is -2.62. The van der Waals surface area contributed by atoms with Gasteiger partial charge in [-0.15, -0.1) is 0 Å². The molecule has 20 heteroatoms. The number of rotatable bonds is 10. The third-order valence-corrected chi connectivity index (χ3v) is 9.22. The van der Waals surface area contributed by atoms with E-state index in [1.165, 1.54) is 30.3 Å². The van der Waals surface area contributed by atoms with Crippen molar-refractivity contribution in [2.75, 3.05) is 19.8 Å². The first kappa shape index (κ1) is 38.2. The number of ether oxygens (including phenoxy) is 7. The Morgan fingerprint density at radius 2 is 1.27 bits per heavy atom. The zero-order chi connectivity index (χ0) is 37.6. The van der Waals surface area contributed by atoms with Crippen molar-refractivity contribution in [1.29, 1.82) is 0 Å². The molecule has 0 aromatic heterocycles. The van der Waals surface area contributed by atoms with E-state index >= 15 is 0 Å². The van der Waals surface area contributed by atoms with Gasteiger partial charge in [-0.3, -0.25) is 0 Å². The zero-order valence-electron chi connectivity index (χ0n) is 27.0. The fourth-order valence-corrected chi connectivity index (χ4v) is 6.25. The monoisotopic (exact) mass is 745 g/mol. The summed E-state index contributed by atoms with van der Waals surface area (Å²) in [5.41, 5.74) is 0.311. The van der Waals surface area contributed by atoms with Crippen LogP contribution in [-0.2, 0) is 28.4 Å². The number of fused-ring (bicyclic) bond motifs is 1. The molecule has 288 valence electrons. The molecule has 2 aromatic rings. The van der Waals surface area contributed by atoms with Crippen LogP contribution in [0, 0.1) is 0 Å². The van der Waals surface area contributed by atoms with Crippen LogP contribution in [0.25, 0.3) is 6.08 Å². The zero-order valence-corrected chi connectivity index (χ0v) is 27.0. The number of hydrogen-bond donors (Lipinski definition) is 13. The molecular formula is C32H41O20+. The largest absolute Gasteiger partial charge is 0.571 e. The Morgan fingerprint density at radius 1 is 0.615 bits per heavy atom. The van der Waals surface area contributed by atoms with Crippen LogP contribution in [-0.4, -0.2) is 177 Å². The second-order valence-electron chi connectivity index (χ2n) is 12.7. The van der Waals surface area contributed by atoms with E-state index in [1.54, 1.807) is 0 Å². The van der Waals surface area contributed by atoms with Crippen molar-refractivity contribution >= 4 is 6.08 Å². The number of benzene rings is 2. The van der Waals surface area contributed by atoms with Crippen LogP contribution >= 0.6 is 0 Å². The minimum absolute atomic E-state index is 0.0777. The van der Waals surface area contributed by atoms with Gasteiger partial charge < -0.3 is 99.5 Å². The van der Waals surface area contributed by atoms with E-state index in [9.17, 15) is 66.4 Å². The van der Waals surface area contributed by atoms with E-state index in [-0.39, 0.29) is 28.4 Å². The van der Waals surface area contributed by atoms with Crippen LogP contribution in [0.5, 0.6) is 28.7 Å². The fraction of sp³-hybridized carbons (Fsp3) is 0.562. The van der Waals surface area contributed by atoms with Crippen molar-refractivity contribution < 1.29 is 99.5 Å². The summed E-state index contributed by atoms with van der Waals surface area (Å²) in [5, 5.41) is 134. The van der Waals surface area contributed by atoms with E-state index in [0.29, 0.717) is 0 Å². The summed E-state index contributed by atoms with van der Waals surface area (Å²) >= 11 is 0. The van der Waals surface area contributed by atoms with Gasteiger partial charge in [0.25, 0.3) is 11.9 Å². The molecule has 3 saturated heterocycles. The molecule has 52 heavy (non-hydrogen) atoms. The van der Waals surface area contributed by atoms with E-state index in [1.807, 2.05) is 0 Å². The van der Waals surface area contributed by atoms with E-state index in [0.717, 1.165) is 6.07 Å². The second kappa shape index (κ2) is 15.4. The Balaban J connectivity index is 1.30. The predicted octanol–water partition coefficient (Wildman–Crippen LogP) is -4.05. The quantitative estimate of drug-likeness (QED) is 0.0813.